The molecule has 2 aromatic rings. The van der Waals surface area contributed by atoms with E-state index >= 15 is 0 Å². The molecule has 1 heterocycles. The van der Waals surface area contributed by atoms with Crippen LogP contribution >= 0.6 is 23.2 Å². The van der Waals surface area contributed by atoms with Gasteiger partial charge in [0.25, 0.3) is 5.91 Å². The van der Waals surface area contributed by atoms with Crippen LogP contribution in [0.4, 0.5) is 0 Å². The summed E-state index contributed by atoms with van der Waals surface area (Å²) < 4.78 is 0. The quantitative estimate of drug-likeness (QED) is 0.905. The number of nitrogens with one attached hydrogen (secondary N) is 1. The van der Waals surface area contributed by atoms with Gasteiger partial charge in [-0.05, 0) is 49.6 Å². The van der Waals surface area contributed by atoms with Gasteiger partial charge in [-0.3, -0.25) is 9.78 Å². The van der Waals surface area contributed by atoms with E-state index in [2.05, 4.69) is 10.3 Å². The number of halogens is 2. The van der Waals surface area contributed by atoms with Crippen molar-refractivity contribution in [3.8, 4) is 0 Å². The van der Waals surface area contributed by atoms with Gasteiger partial charge in [0.05, 0.1) is 5.56 Å². The van der Waals surface area contributed by atoms with E-state index in [1.165, 1.54) is 0 Å². The van der Waals surface area contributed by atoms with Gasteiger partial charge in [-0.15, -0.1) is 0 Å². The molecule has 5 heteroatoms. The zero-order valence-electron chi connectivity index (χ0n) is 12.1. The lowest BCUT2D eigenvalue weighted by Gasteiger charge is -2.38. The average Bonchev–Trinajstić information content (AvgIpc) is 2.46. The first-order valence-electron chi connectivity index (χ1n) is 7.23. The van der Waals surface area contributed by atoms with Gasteiger partial charge < -0.3 is 5.32 Å². The van der Waals surface area contributed by atoms with E-state index in [0.29, 0.717) is 15.6 Å². The Kier molecular flexibility index (Phi) is 4.37. The van der Waals surface area contributed by atoms with Gasteiger partial charge in [0.15, 0.2) is 0 Å². The lowest BCUT2D eigenvalue weighted by atomic mass is 9.75. The Morgan fingerprint density at radius 3 is 2.73 bits per heavy atom. The van der Waals surface area contributed by atoms with E-state index in [1.807, 2.05) is 19.1 Å². The minimum absolute atomic E-state index is 0.0783. The largest absolute Gasteiger partial charge is 0.349 e. The first-order chi connectivity index (χ1) is 10.6. The zero-order valence-corrected chi connectivity index (χ0v) is 13.7. The molecule has 1 saturated carbocycles. The van der Waals surface area contributed by atoms with Gasteiger partial charge in [-0.25, -0.2) is 0 Å². The van der Waals surface area contributed by atoms with Crippen molar-refractivity contribution in [2.24, 2.45) is 0 Å². The summed E-state index contributed by atoms with van der Waals surface area (Å²) in [5.74, 6) is 0.163. The molecule has 2 atom stereocenters. The maximum absolute atomic E-state index is 12.4. The third-order valence-corrected chi connectivity index (χ3v) is 4.77. The Morgan fingerprint density at radius 1 is 1.27 bits per heavy atom. The second kappa shape index (κ2) is 6.27. The summed E-state index contributed by atoms with van der Waals surface area (Å²) in [4.78, 5) is 16.5. The van der Waals surface area contributed by atoms with E-state index in [-0.39, 0.29) is 17.9 Å². The highest BCUT2D eigenvalue weighted by atomic mass is 35.5. The highest BCUT2D eigenvalue weighted by Gasteiger charge is 2.34. The van der Waals surface area contributed by atoms with Crippen molar-refractivity contribution in [1.82, 2.24) is 10.3 Å². The predicted octanol–water partition coefficient (Wildman–Crippen LogP) is 4.37. The van der Waals surface area contributed by atoms with Crippen LogP contribution in [0.2, 0.25) is 10.0 Å². The highest BCUT2D eigenvalue weighted by Crippen LogP contribution is 2.40. The molecule has 1 aromatic heterocycles. The summed E-state index contributed by atoms with van der Waals surface area (Å²) in [5.41, 5.74) is 2.40. The molecule has 114 valence electrons. The maximum Gasteiger partial charge on any atom is 0.253 e. The molecular weight excluding hydrogens is 319 g/mol. The number of aryl methyl sites for hydroxylation is 1. The number of nitrogens with zero attached hydrogens (tertiary/aromatic N) is 1. The first-order valence-corrected chi connectivity index (χ1v) is 7.99. The lowest BCUT2D eigenvalue weighted by Crippen LogP contribution is -2.45. The van der Waals surface area contributed by atoms with E-state index in [4.69, 9.17) is 23.2 Å². The fourth-order valence-corrected chi connectivity index (χ4v) is 3.37. The highest BCUT2D eigenvalue weighted by molar-refractivity contribution is 6.35. The monoisotopic (exact) mass is 334 g/mol. The third-order valence-electron chi connectivity index (χ3n) is 4.20. The summed E-state index contributed by atoms with van der Waals surface area (Å²) in [5, 5.41) is 4.38. The SMILES string of the molecule is Cc1ncccc1C(=O)N[C@H]1CC[C@H]1c1ccc(Cl)cc1Cl. The van der Waals surface area contributed by atoms with Crippen molar-refractivity contribution in [1.29, 1.82) is 0 Å². The van der Waals surface area contributed by atoms with Crippen LogP contribution in [-0.4, -0.2) is 16.9 Å². The minimum atomic E-state index is -0.0783. The molecule has 0 aliphatic heterocycles. The van der Waals surface area contributed by atoms with Crippen LogP contribution in [0.25, 0.3) is 0 Å². The Hall–Kier alpha value is -1.58. The number of amides is 1. The molecule has 3 nitrogen and oxygen atoms in total. The van der Waals surface area contributed by atoms with E-state index < -0.39 is 0 Å². The molecule has 1 aliphatic carbocycles. The van der Waals surface area contributed by atoms with Crippen molar-refractivity contribution in [2.45, 2.75) is 31.7 Å². The number of hydrogen-bond acceptors (Lipinski definition) is 2. The zero-order chi connectivity index (χ0) is 15.7. The lowest BCUT2D eigenvalue weighted by molar-refractivity contribution is 0.0903. The van der Waals surface area contributed by atoms with Crippen molar-refractivity contribution < 1.29 is 4.79 Å². The van der Waals surface area contributed by atoms with Gasteiger partial charge in [0.2, 0.25) is 0 Å². The van der Waals surface area contributed by atoms with Crippen molar-refractivity contribution >= 4 is 29.1 Å². The van der Waals surface area contributed by atoms with E-state index in [9.17, 15) is 4.79 Å². The van der Waals surface area contributed by atoms with Crippen LogP contribution in [0.5, 0.6) is 0 Å². The van der Waals surface area contributed by atoms with Crippen LogP contribution in [0.1, 0.15) is 40.4 Å². The molecule has 22 heavy (non-hydrogen) atoms. The molecule has 0 saturated heterocycles. The Bertz CT molecular complexity index is 718. The fourth-order valence-electron chi connectivity index (χ4n) is 2.82. The molecule has 3 rings (SSSR count). The number of carbonyl (C=O) groups excluding carboxylic acids is 1. The van der Waals surface area contributed by atoms with Crippen LogP contribution in [-0.2, 0) is 0 Å². The molecule has 0 bridgehead atoms. The standard InChI is InChI=1S/C17H16Cl2N2O/c1-10-12(3-2-8-20-10)17(22)21-16-7-6-14(16)13-5-4-11(18)9-15(13)19/h2-5,8-9,14,16H,6-7H2,1H3,(H,21,22)/t14-,16-/m0/s1. The molecule has 1 aromatic carbocycles. The molecule has 0 spiro atoms. The first kappa shape index (κ1) is 15.3. The van der Waals surface area contributed by atoms with Gasteiger partial charge in [-0.1, -0.05) is 29.3 Å². The molecular formula is C17H16Cl2N2O. The summed E-state index contributed by atoms with van der Waals surface area (Å²) in [6.45, 7) is 1.84. The number of aromatic nitrogens is 1. The third kappa shape index (κ3) is 2.96. The smallest absolute Gasteiger partial charge is 0.253 e. The fraction of sp³-hybridized carbons (Fsp3) is 0.294. The molecule has 1 N–H and O–H groups in total. The summed E-state index contributed by atoms with van der Waals surface area (Å²) in [6, 6.07) is 9.21. The number of benzene rings is 1. The van der Waals surface area contributed by atoms with Crippen molar-refractivity contribution in [3.05, 3.63) is 63.4 Å². The second-order valence-corrected chi connectivity index (χ2v) is 6.41. The van der Waals surface area contributed by atoms with Crippen molar-refractivity contribution in [3.63, 3.8) is 0 Å². The topological polar surface area (TPSA) is 42.0 Å². The number of pyridine rings is 1. The minimum Gasteiger partial charge on any atom is -0.349 e. The van der Waals surface area contributed by atoms with Gasteiger partial charge in [0.1, 0.15) is 0 Å². The van der Waals surface area contributed by atoms with Crippen molar-refractivity contribution in [2.75, 3.05) is 0 Å². The van der Waals surface area contributed by atoms with Crippen LogP contribution in [0.15, 0.2) is 36.5 Å². The van der Waals surface area contributed by atoms with Crippen LogP contribution in [0.3, 0.4) is 0 Å². The number of carbonyl (C=O) groups is 1. The normalized spacial score (nSPS) is 20.3. The van der Waals surface area contributed by atoms with Gasteiger partial charge >= 0.3 is 0 Å². The maximum atomic E-state index is 12.4. The Morgan fingerprint density at radius 2 is 2.09 bits per heavy atom. The Balaban J connectivity index is 1.74. The summed E-state index contributed by atoms with van der Waals surface area (Å²) >= 11 is 12.2. The predicted molar refractivity (Wildman–Crippen MR) is 88.7 cm³/mol. The molecule has 1 amide bonds. The molecule has 1 fully saturated rings. The molecule has 0 unspecified atom stereocenters. The molecule has 0 radical (unpaired) electrons. The van der Waals surface area contributed by atoms with E-state index in [1.54, 1.807) is 24.4 Å². The Labute approximate surface area is 139 Å². The van der Waals surface area contributed by atoms with E-state index in [0.717, 1.165) is 24.1 Å². The summed E-state index contributed by atoms with van der Waals surface area (Å²) in [6.07, 6.45) is 3.65. The molecule has 1 aliphatic rings. The second-order valence-electron chi connectivity index (χ2n) is 5.57. The number of rotatable bonds is 3. The average molecular weight is 335 g/mol. The van der Waals surface area contributed by atoms with Crippen LogP contribution < -0.4 is 5.32 Å². The van der Waals surface area contributed by atoms with Gasteiger partial charge in [-0.2, -0.15) is 0 Å². The summed E-state index contributed by atoms with van der Waals surface area (Å²) in [7, 11) is 0. The number of hydrogen-bond donors (Lipinski definition) is 1. The van der Waals surface area contributed by atoms with Gasteiger partial charge in [0, 0.05) is 33.9 Å². The van der Waals surface area contributed by atoms with Crippen LogP contribution in [0, 0.1) is 6.92 Å².